The number of fused-ring (bicyclic) bond motifs is 1. The highest BCUT2D eigenvalue weighted by Gasteiger charge is 2.04. The predicted octanol–water partition coefficient (Wildman–Crippen LogP) is 3.76. The third-order valence-electron chi connectivity index (χ3n) is 3.46. The summed E-state index contributed by atoms with van der Waals surface area (Å²) < 4.78 is 14.9. The molecule has 0 amide bonds. The average molecular weight is 279 g/mol. The standard InChI is InChI=1S/C17H14FN3/c18-14-4-6-15(7-5-14)20-9-11-21-10-8-16-13(12-19)2-1-3-17(16)21/h1-8,10,20H,9,11H2. The van der Waals surface area contributed by atoms with Crippen LogP contribution in [-0.4, -0.2) is 11.1 Å². The van der Waals surface area contributed by atoms with Gasteiger partial charge >= 0.3 is 0 Å². The molecule has 1 aromatic heterocycles. The fourth-order valence-electron chi connectivity index (χ4n) is 2.40. The highest BCUT2D eigenvalue weighted by Crippen LogP contribution is 2.19. The first-order chi connectivity index (χ1) is 10.3. The summed E-state index contributed by atoms with van der Waals surface area (Å²) in [6, 6.07) is 16.2. The van der Waals surface area contributed by atoms with Crippen molar-refractivity contribution in [3.8, 4) is 6.07 Å². The summed E-state index contributed by atoms with van der Waals surface area (Å²) >= 11 is 0. The number of rotatable bonds is 4. The smallest absolute Gasteiger partial charge is 0.123 e. The zero-order valence-corrected chi connectivity index (χ0v) is 11.4. The van der Waals surface area contributed by atoms with Gasteiger partial charge in [-0.25, -0.2) is 4.39 Å². The molecule has 0 unspecified atom stereocenters. The normalized spacial score (nSPS) is 10.5. The summed E-state index contributed by atoms with van der Waals surface area (Å²) in [5.41, 5.74) is 2.64. The van der Waals surface area contributed by atoms with Gasteiger partial charge in [0.25, 0.3) is 0 Å². The fraction of sp³-hybridized carbons (Fsp3) is 0.118. The van der Waals surface area contributed by atoms with Gasteiger partial charge in [-0.05, 0) is 42.5 Å². The molecule has 0 saturated carbocycles. The van der Waals surface area contributed by atoms with E-state index in [0.29, 0.717) is 5.56 Å². The molecule has 21 heavy (non-hydrogen) atoms. The summed E-state index contributed by atoms with van der Waals surface area (Å²) in [5.74, 6) is -0.235. The van der Waals surface area contributed by atoms with Gasteiger partial charge in [0, 0.05) is 35.9 Å². The summed E-state index contributed by atoms with van der Waals surface area (Å²) in [4.78, 5) is 0. The molecule has 1 N–H and O–H groups in total. The highest BCUT2D eigenvalue weighted by molar-refractivity contribution is 5.85. The summed E-state index contributed by atoms with van der Waals surface area (Å²) in [6.07, 6.45) is 1.98. The van der Waals surface area contributed by atoms with Crippen molar-refractivity contribution in [1.82, 2.24) is 4.57 Å². The van der Waals surface area contributed by atoms with Crippen LogP contribution in [0, 0.1) is 17.1 Å². The zero-order valence-electron chi connectivity index (χ0n) is 11.4. The summed E-state index contributed by atoms with van der Waals surface area (Å²) in [6.45, 7) is 1.50. The van der Waals surface area contributed by atoms with E-state index in [4.69, 9.17) is 5.26 Å². The zero-order chi connectivity index (χ0) is 14.7. The Bertz CT molecular complexity index is 797. The first-order valence-electron chi connectivity index (χ1n) is 6.75. The Kier molecular flexibility index (Phi) is 3.57. The number of hydrogen-bond donors (Lipinski definition) is 1. The molecule has 4 heteroatoms. The topological polar surface area (TPSA) is 40.8 Å². The maximum absolute atomic E-state index is 12.8. The molecule has 1 heterocycles. The molecule has 0 saturated heterocycles. The number of halogens is 1. The predicted molar refractivity (Wildman–Crippen MR) is 81.5 cm³/mol. The van der Waals surface area contributed by atoms with E-state index in [1.807, 2.05) is 30.5 Å². The van der Waals surface area contributed by atoms with E-state index >= 15 is 0 Å². The van der Waals surface area contributed by atoms with Gasteiger partial charge in [0.05, 0.1) is 11.6 Å². The van der Waals surface area contributed by atoms with E-state index in [-0.39, 0.29) is 5.82 Å². The second kappa shape index (κ2) is 5.68. The fourth-order valence-corrected chi connectivity index (χ4v) is 2.40. The average Bonchev–Trinajstić information content (AvgIpc) is 2.92. The number of hydrogen-bond acceptors (Lipinski definition) is 2. The van der Waals surface area contributed by atoms with Crippen LogP contribution in [0.3, 0.4) is 0 Å². The first kappa shape index (κ1) is 13.2. The lowest BCUT2D eigenvalue weighted by molar-refractivity contribution is 0.628. The minimum absolute atomic E-state index is 0.235. The Hall–Kier alpha value is -2.80. The van der Waals surface area contributed by atoms with Gasteiger partial charge in [0.15, 0.2) is 0 Å². The minimum Gasteiger partial charge on any atom is -0.383 e. The SMILES string of the molecule is N#Cc1cccc2c1ccn2CCNc1ccc(F)cc1. The third kappa shape index (κ3) is 2.72. The molecular formula is C17H14FN3. The van der Waals surface area contributed by atoms with Gasteiger partial charge in [-0.1, -0.05) is 6.07 Å². The molecule has 0 aliphatic rings. The molecule has 3 nitrogen and oxygen atoms in total. The van der Waals surface area contributed by atoms with E-state index in [0.717, 1.165) is 29.7 Å². The first-order valence-corrected chi connectivity index (χ1v) is 6.75. The van der Waals surface area contributed by atoms with Crippen LogP contribution >= 0.6 is 0 Å². The maximum Gasteiger partial charge on any atom is 0.123 e. The number of aromatic nitrogens is 1. The Labute approximate surface area is 122 Å². The van der Waals surface area contributed by atoms with Crippen molar-refractivity contribution in [2.45, 2.75) is 6.54 Å². The van der Waals surface area contributed by atoms with Gasteiger partial charge in [-0.2, -0.15) is 5.26 Å². The van der Waals surface area contributed by atoms with Gasteiger partial charge in [0.2, 0.25) is 0 Å². The Morgan fingerprint density at radius 3 is 2.67 bits per heavy atom. The highest BCUT2D eigenvalue weighted by atomic mass is 19.1. The van der Waals surface area contributed by atoms with Crippen LogP contribution < -0.4 is 5.32 Å². The maximum atomic E-state index is 12.8. The van der Waals surface area contributed by atoms with Gasteiger partial charge in [0.1, 0.15) is 5.82 Å². The summed E-state index contributed by atoms with van der Waals surface area (Å²) in [5, 5.41) is 13.3. The molecule has 0 spiro atoms. The van der Waals surface area contributed by atoms with Crippen molar-refractivity contribution in [2.24, 2.45) is 0 Å². The molecule has 0 fully saturated rings. The third-order valence-corrected chi connectivity index (χ3v) is 3.46. The van der Waals surface area contributed by atoms with E-state index in [2.05, 4.69) is 16.0 Å². The van der Waals surface area contributed by atoms with Crippen LogP contribution in [0.15, 0.2) is 54.7 Å². The lowest BCUT2D eigenvalue weighted by atomic mass is 10.1. The lowest BCUT2D eigenvalue weighted by Gasteiger charge is -2.08. The number of nitriles is 1. The molecule has 0 bridgehead atoms. The van der Waals surface area contributed by atoms with E-state index in [9.17, 15) is 4.39 Å². The molecule has 0 aliphatic heterocycles. The molecule has 3 rings (SSSR count). The number of nitrogens with zero attached hydrogens (tertiary/aromatic N) is 2. The monoisotopic (exact) mass is 279 g/mol. The molecule has 0 atom stereocenters. The Morgan fingerprint density at radius 2 is 1.90 bits per heavy atom. The van der Waals surface area contributed by atoms with Crippen molar-refractivity contribution in [3.05, 3.63) is 66.1 Å². The Balaban J connectivity index is 1.71. The van der Waals surface area contributed by atoms with E-state index in [1.165, 1.54) is 12.1 Å². The molecule has 104 valence electrons. The molecule has 0 aliphatic carbocycles. The Morgan fingerprint density at radius 1 is 1.10 bits per heavy atom. The van der Waals surface area contributed by atoms with Gasteiger partial charge < -0.3 is 9.88 Å². The van der Waals surface area contributed by atoms with Crippen LogP contribution in [0.5, 0.6) is 0 Å². The van der Waals surface area contributed by atoms with Gasteiger partial charge in [-0.15, -0.1) is 0 Å². The number of anilines is 1. The second-order valence-electron chi connectivity index (χ2n) is 4.79. The number of nitrogens with one attached hydrogen (secondary N) is 1. The van der Waals surface area contributed by atoms with E-state index < -0.39 is 0 Å². The van der Waals surface area contributed by atoms with Crippen molar-refractivity contribution in [2.75, 3.05) is 11.9 Å². The molecule has 2 aromatic carbocycles. The van der Waals surface area contributed by atoms with Crippen LogP contribution in [0.2, 0.25) is 0 Å². The second-order valence-corrected chi connectivity index (χ2v) is 4.79. The van der Waals surface area contributed by atoms with Crippen LogP contribution in [-0.2, 0) is 6.54 Å². The lowest BCUT2D eigenvalue weighted by Crippen LogP contribution is -2.09. The van der Waals surface area contributed by atoms with Crippen molar-refractivity contribution < 1.29 is 4.39 Å². The molecule has 3 aromatic rings. The largest absolute Gasteiger partial charge is 0.383 e. The van der Waals surface area contributed by atoms with Crippen LogP contribution in [0.4, 0.5) is 10.1 Å². The molecule has 0 radical (unpaired) electrons. The molecular weight excluding hydrogens is 265 g/mol. The number of benzene rings is 2. The van der Waals surface area contributed by atoms with Crippen LogP contribution in [0.25, 0.3) is 10.9 Å². The van der Waals surface area contributed by atoms with Crippen LogP contribution in [0.1, 0.15) is 5.56 Å². The van der Waals surface area contributed by atoms with Crippen molar-refractivity contribution >= 4 is 16.6 Å². The van der Waals surface area contributed by atoms with E-state index in [1.54, 1.807) is 12.1 Å². The van der Waals surface area contributed by atoms with Crippen molar-refractivity contribution in [3.63, 3.8) is 0 Å². The summed E-state index contributed by atoms with van der Waals surface area (Å²) in [7, 11) is 0. The minimum atomic E-state index is -0.235. The quantitative estimate of drug-likeness (QED) is 0.790. The van der Waals surface area contributed by atoms with Gasteiger partial charge in [-0.3, -0.25) is 0 Å². The van der Waals surface area contributed by atoms with Crippen molar-refractivity contribution in [1.29, 1.82) is 5.26 Å².